The highest BCUT2D eigenvalue weighted by atomic mass is 19.4. The minimum Gasteiger partial charge on any atom is -0.494 e. The number of carboxylic acids is 1. The van der Waals surface area contributed by atoms with Crippen LogP contribution in [0.15, 0.2) is 18.2 Å². The van der Waals surface area contributed by atoms with Gasteiger partial charge in [0.05, 0.1) is 46.9 Å². The largest absolute Gasteiger partial charge is 0.494 e. The van der Waals surface area contributed by atoms with Crippen LogP contribution in [-0.4, -0.2) is 37.9 Å². The Labute approximate surface area is 190 Å². The predicted octanol–water partition coefficient (Wildman–Crippen LogP) is 3.42. The second-order valence-corrected chi connectivity index (χ2v) is 8.59. The molecule has 180 valence electrons. The van der Waals surface area contributed by atoms with Crippen LogP contribution in [0.5, 0.6) is 11.8 Å². The van der Waals surface area contributed by atoms with E-state index in [2.05, 4.69) is 0 Å². The average Bonchev–Trinajstić information content (AvgIpc) is 3.26. The number of carboxylic acid groups (broad SMARTS) is 1. The number of aromatic nitrogens is 1. The number of nitriles is 1. The lowest BCUT2D eigenvalue weighted by Gasteiger charge is -2.29. The second-order valence-electron chi connectivity index (χ2n) is 8.59. The summed E-state index contributed by atoms with van der Waals surface area (Å²) in [6, 6.07) is 4.20. The van der Waals surface area contributed by atoms with E-state index in [9.17, 15) is 33.0 Å². The molecular formula is C22H19F3N2O7. The Morgan fingerprint density at radius 3 is 2.47 bits per heavy atom. The molecule has 2 bridgehead atoms. The Morgan fingerprint density at radius 2 is 1.88 bits per heavy atom. The maximum absolute atomic E-state index is 13.4. The zero-order valence-corrected chi connectivity index (χ0v) is 17.9. The number of aromatic hydroxyl groups is 2. The second kappa shape index (κ2) is 7.39. The van der Waals surface area contributed by atoms with Crippen molar-refractivity contribution in [1.29, 1.82) is 5.26 Å². The van der Waals surface area contributed by atoms with Crippen molar-refractivity contribution < 1.29 is 47.6 Å². The van der Waals surface area contributed by atoms with Crippen molar-refractivity contribution in [3.05, 3.63) is 40.5 Å². The van der Waals surface area contributed by atoms with Crippen molar-refractivity contribution in [3.8, 4) is 23.5 Å². The van der Waals surface area contributed by atoms with Gasteiger partial charge in [0.2, 0.25) is 11.8 Å². The van der Waals surface area contributed by atoms with Crippen molar-refractivity contribution >= 4 is 11.9 Å². The van der Waals surface area contributed by atoms with Crippen LogP contribution in [0, 0.1) is 11.3 Å². The number of halogens is 3. The SMILES string of the molecule is C[C@@]12O[C@@](C)(C[C@H]1OC(=O)CCC(=O)O)c1c2c(O)n(-c2ccc(C#N)c(C(F)(F)F)c2)c1O. The molecule has 1 fully saturated rings. The zero-order valence-electron chi connectivity index (χ0n) is 17.9. The molecule has 2 aromatic rings. The van der Waals surface area contributed by atoms with Crippen LogP contribution in [0.4, 0.5) is 13.2 Å². The lowest BCUT2D eigenvalue weighted by Crippen LogP contribution is -2.37. The van der Waals surface area contributed by atoms with Gasteiger partial charge in [-0.1, -0.05) is 0 Å². The van der Waals surface area contributed by atoms with Crippen LogP contribution >= 0.6 is 0 Å². The number of fused-ring (bicyclic) bond motifs is 5. The number of benzene rings is 1. The lowest BCUT2D eigenvalue weighted by molar-refractivity contribution is -0.161. The highest BCUT2D eigenvalue weighted by Gasteiger charge is 2.66. The first-order valence-electron chi connectivity index (χ1n) is 10.1. The van der Waals surface area contributed by atoms with Crippen LogP contribution in [0.2, 0.25) is 0 Å². The molecule has 1 saturated heterocycles. The molecule has 12 heteroatoms. The number of hydrogen-bond donors (Lipinski definition) is 3. The summed E-state index contributed by atoms with van der Waals surface area (Å²) < 4.78 is 52.6. The zero-order chi connectivity index (χ0) is 25.2. The Kier molecular flexibility index (Phi) is 5.10. The topological polar surface area (TPSA) is 142 Å². The summed E-state index contributed by atoms with van der Waals surface area (Å²) >= 11 is 0. The molecule has 3 N–H and O–H groups in total. The van der Waals surface area contributed by atoms with E-state index < -0.39 is 64.7 Å². The molecule has 0 radical (unpaired) electrons. The highest BCUT2D eigenvalue weighted by molar-refractivity contribution is 5.77. The predicted molar refractivity (Wildman–Crippen MR) is 106 cm³/mol. The number of carbonyl (C=O) groups excluding carboxylic acids is 1. The van der Waals surface area contributed by atoms with Crippen LogP contribution in [0.25, 0.3) is 5.69 Å². The Balaban J connectivity index is 1.78. The minimum atomic E-state index is -4.85. The third-order valence-electron chi connectivity index (χ3n) is 6.28. The number of esters is 1. The fourth-order valence-electron chi connectivity index (χ4n) is 4.84. The van der Waals surface area contributed by atoms with Crippen molar-refractivity contribution in [2.24, 2.45) is 0 Å². The highest BCUT2D eigenvalue weighted by Crippen LogP contribution is 2.65. The van der Waals surface area contributed by atoms with Crippen LogP contribution < -0.4 is 0 Å². The molecule has 1 aromatic heterocycles. The summed E-state index contributed by atoms with van der Waals surface area (Å²) in [6.07, 6.45) is -6.55. The molecular weight excluding hydrogens is 461 g/mol. The first kappa shape index (κ1) is 23.4. The summed E-state index contributed by atoms with van der Waals surface area (Å²) in [5, 5.41) is 39.7. The fourth-order valence-corrected chi connectivity index (χ4v) is 4.84. The number of ether oxygens (including phenoxy) is 2. The van der Waals surface area contributed by atoms with Gasteiger partial charge in [0.25, 0.3) is 0 Å². The molecule has 9 nitrogen and oxygen atoms in total. The van der Waals surface area contributed by atoms with Crippen molar-refractivity contribution in [3.63, 3.8) is 0 Å². The number of aliphatic carboxylic acids is 1. The van der Waals surface area contributed by atoms with Gasteiger partial charge >= 0.3 is 18.1 Å². The van der Waals surface area contributed by atoms with E-state index in [0.717, 1.165) is 16.7 Å². The van der Waals surface area contributed by atoms with Gasteiger partial charge in [0.15, 0.2) is 0 Å². The van der Waals surface area contributed by atoms with Gasteiger partial charge in [-0.25, -0.2) is 0 Å². The van der Waals surface area contributed by atoms with Gasteiger partial charge in [-0.05, 0) is 32.0 Å². The number of rotatable bonds is 5. The first-order valence-corrected chi connectivity index (χ1v) is 10.1. The monoisotopic (exact) mass is 480 g/mol. The summed E-state index contributed by atoms with van der Waals surface area (Å²) in [5.41, 5.74) is -4.59. The summed E-state index contributed by atoms with van der Waals surface area (Å²) in [5.74, 6) is -3.13. The number of carbonyl (C=O) groups is 2. The van der Waals surface area contributed by atoms with Crippen LogP contribution in [-0.2, 0) is 36.4 Å². The molecule has 4 rings (SSSR count). The minimum absolute atomic E-state index is 0.0488. The average molecular weight is 480 g/mol. The Bertz CT molecular complexity index is 1260. The van der Waals surface area contributed by atoms with E-state index in [0.29, 0.717) is 6.07 Å². The van der Waals surface area contributed by atoms with Gasteiger partial charge in [-0.15, -0.1) is 0 Å². The Hall–Kier alpha value is -3.72. The molecule has 0 saturated carbocycles. The summed E-state index contributed by atoms with van der Waals surface area (Å²) in [7, 11) is 0. The van der Waals surface area contributed by atoms with Crippen LogP contribution in [0.1, 0.15) is 55.4 Å². The summed E-state index contributed by atoms with van der Waals surface area (Å²) in [6.45, 7) is 3.08. The first-order chi connectivity index (χ1) is 15.7. The van der Waals surface area contributed by atoms with E-state index in [-0.39, 0.29) is 29.7 Å². The van der Waals surface area contributed by atoms with E-state index in [4.69, 9.17) is 19.8 Å². The smallest absolute Gasteiger partial charge is 0.417 e. The molecule has 2 aliphatic heterocycles. The quantitative estimate of drug-likeness (QED) is 0.553. The molecule has 3 atom stereocenters. The molecule has 0 amide bonds. The van der Waals surface area contributed by atoms with Gasteiger partial charge in [0, 0.05) is 6.42 Å². The van der Waals surface area contributed by atoms with Gasteiger partial charge < -0.3 is 24.8 Å². The summed E-state index contributed by atoms with van der Waals surface area (Å²) in [4.78, 5) is 22.8. The lowest BCUT2D eigenvalue weighted by atomic mass is 9.78. The van der Waals surface area contributed by atoms with E-state index in [1.807, 2.05) is 0 Å². The van der Waals surface area contributed by atoms with E-state index in [1.54, 1.807) is 6.92 Å². The maximum atomic E-state index is 13.4. The standard InChI is InChI=1S/C22H19F3N2O7/c1-20-8-13(33-15(30)6-5-14(28)29)21(2,34-20)17-16(20)18(31)27(19(17)32)11-4-3-10(9-26)12(7-11)22(23,24)25/h3-4,7,13,31-32H,5-6,8H2,1-2H3,(H,28,29)/t13-,20+,21-/m1/s1. The normalized spacial score (nSPS) is 25.1. The van der Waals surface area contributed by atoms with Gasteiger partial charge in [0.1, 0.15) is 17.3 Å². The van der Waals surface area contributed by atoms with Crippen molar-refractivity contribution in [1.82, 2.24) is 4.57 Å². The van der Waals surface area contributed by atoms with E-state index in [1.165, 1.54) is 13.0 Å². The molecule has 2 aliphatic rings. The van der Waals surface area contributed by atoms with Crippen LogP contribution in [0.3, 0.4) is 0 Å². The molecule has 3 heterocycles. The maximum Gasteiger partial charge on any atom is 0.417 e. The molecule has 0 aliphatic carbocycles. The van der Waals surface area contributed by atoms with E-state index >= 15 is 0 Å². The third-order valence-corrected chi connectivity index (χ3v) is 6.28. The molecule has 0 unspecified atom stereocenters. The third kappa shape index (κ3) is 3.35. The Morgan fingerprint density at radius 1 is 1.24 bits per heavy atom. The molecule has 0 spiro atoms. The van der Waals surface area contributed by atoms with Gasteiger partial charge in [-0.3, -0.25) is 14.2 Å². The number of hydrogen-bond acceptors (Lipinski definition) is 7. The number of nitrogens with zero attached hydrogens (tertiary/aromatic N) is 2. The fraction of sp³-hybridized carbons (Fsp3) is 0.409. The number of alkyl halides is 3. The van der Waals surface area contributed by atoms with Gasteiger partial charge in [-0.2, -0.15) is 18.4 Å². The van der Waals surface area contributed by atoms with Crippen molar-refractivity contribution in [2.75, 3.05) is 0 Å². The molecule has 34 heavy (non-hydrogen) atoms. The van der Waals surface area contributed by atoms with Crippen molar-refractivity contribution in [2.45, 2.75) is 56.6 Å². The molecule has 1 aromatic carbocycles.